The standard InChI is InChI=1S/C12H16N2O.ClH/c1-7-12(8(2)15-14-7)9-3-10-5-13-6-11(10)4-9;/h3,10-11,13H,4-6H2,1-2H3;1H. The van der Waals surface area contributed by atoms with Gasteiger partial charge in [-0.05, 0) is 44.2 Å². The molecule has 0 bridgehead atoms. The zero-order chi connectivity index (χ0) is 10.4. The lowest BCUT2D eigenvalue weighted by Gasteiger charge is -2.05. The number of hydrogen-bond donors (Lipinski definition) is 1. The molecule has 88 valence electrons. The van der Waals surface area contributed by atoms with Crippen LogP contribution >= 0.6 is 12.4 Å². The Morgan fingerprint density at radius 3 is 2.81 bits per heavy atom. The molecule has 2 unspecified atom stereocenters. The Hall–Kier alpha value is -0.800. The largest absolute Gasteiger partial charge is 0.361 e. The van der Waals surface area contributed by atoms with E-state index in [1.807, 2.05) is 13.8 Å². The number of aryl methyl sites for hydroxylation is 2. The first-order valence-electron chi connectivity index (χ1n) is 5.60. The van der Waals surface area contributed by atoms with Crippen molar-refractivity contribution in [3.05, 3.63) is 23.1 Å². The highest BCUT2D eigenvalue weighted by atomic mass is 35.5. The molecule has 2 atom stereocenters. The molecule has 1 aliphatic carbocycles. The minimum absolute atomic E-state index is 0. The molecule has 1 aliphatic heterocycles. The molecule has 1 aromatic rings. The number of aromatic nitrogens is 1. The molecule has 1 fully saturated rings. The molecule has 3 rings (SSSR count). The van der Waals surface area contributed by atoms with Crippen molar-refractivity contribution in [2.24, 2.45) is 11.8 Å². The van der Waals surface area contributed by atoms with E-state index in [0.717, 1.165) is 36.4 Å². The summed E-state index contributed by atoms with van der Waals surface area (Å²) in [6.45, 7) is 6.33. The molecule has 4 heteroatoms. The summed E-state index contributed by atoms with van der Waals surface area (Å²) in [6.07, 6.45) is 3.60. The van der Waals surface area contributed by atoms with E-state index >= 15 is 0 Å². The van der Waals surface area contributed by atoms with Crippen molar-refractivity contribution >= 4 is 18.0 Å². The first-order valence-corrected chi connectivity index (χ1v) is 5.60. The van der Waals surface area contributed by atoms with E-state index < -0.39 is 0 Å². The van der Waals surface area contributed by atoms with Crippen LogP contribution in [-0.4, -0.2) is 18.2 Å². The van der Waals surface area contributed by atoms with Crippen molar-refractivity contribution in [1.29, 1.82) is 0 Å². The van der Waals surface area contributed by atoms with Gasteiger partial charge in [0.15, 0.2) is 0 Å². The van der Waals surface area contributed by atoms with Gasteiger partial charge in [0.1, 0.15) is 5.76 Å². The van der Waals surface area contributed by atoms with E-state index in [-0.39, 0.29) is 12.4 Å². The number of fused-ring (bicyclic) bond motifs is 1. The third kappa shape index (κ3) is 1.68. The number of allylic oxidation sites excluding steroid dienone is 1. The van der Waals surface area contributed by atoms with Gasteiger partial charge in [-0.1, -0.05) is 11.2 Å². The Bertz CT molecular complexity index is 405. The van der Waals surface area contributed by atoms with Crippen LogP contribution in [0.4, 0.5) is 0 Å². The number of nitrogens with zero attached hydrogens (tertiary/aromatic N) is 1. The van der Waals surface area contributed by atoms with Gasteiger partial charge < -0.3 is 9.84 Å². The van der Waals surface area contributed by atoms with Crippen LogP contribution in [0.5, 0.6) is 0 Å². The van der Waals surface area contributed by atoms with E-state index in [1.54, 1.807) is 0 Å². The highest BCUT2D eigenvalue weighted by Crippen LogP contribution is 2.40. The molecule has 0 saturated carbocycles. The summed E-state index contributed by atoms with van der Waals surface area (Å²) in [5.74, 6) is 2.49. The summed E-state index contributed by atoms with van der Waals surface area (Å²) in [5.41, 5.74) is 3.74. The average molecular weight is 241 g/mol. The van der Waals surface area contributed by atoms with Gasteiger partial charge in [-0.3, -0.25) is 0 Å². The van der Waals surface area contributed by atoms with Gasteiger partial charge in [0.25, 0.3) is 0 Å². The maximum Gasteiger partial charge on any atom is 0.141 e. The summed E-state index contributed by atoms with van der Waals surface area (Å²) in [4.78, 5) is 0. The minimum Gasteiger partial charge on any atom is -0.361 e. The third-order valence-electron chi connectivity index (χ3n) is 3.64. The van der Waals surface area contributed by atoms with E-state index in [9.17, 15) is 0 Å². The van der Waals surface area contributed by atoms with Crippen LogP contribution in [0.2, 0.25) is 0 Å². The average Bonchev–Trinajstić information content (AvgIpc) is 2.80. The second-order valence-corrected chi connectivity index (χ2v) is 4.68. The van der Waals surface area contributed by atoms with Gasteiger partial charge in [0.05, 0.1) is 5.69 Å². The number of nitrogens with one attached hydrogen (secondary N) is 1. The van der Waals surface area contributed by atoms with Crippen molar-refractivity contribution in [3.63, 3.8) is 0 Å². The molecule has 0 radical (unpaired) electrons. The molecule has 2 heterocycles. The van der Waals surface area contributed by atoms with Crippen LogP contribution in [0.1, 0.15) is 23.4 Å². The predicted octanol–water partition coefficient (Wildman–Crippen LogP) is 2.34. The monoisotopic (exact) mass is 240 g/mol. The van der Waals surface area contributed by atoms with Crippen LogP contribution < -0.4 is 5.32 Å². The fourth-order valence-corrected chi connectivity index (χ4v) is 2.91. The van der Waals surface area contributed by atoms with Crippen molar-refractivity contribution in [2.45, 2.75) is 20.3 Å². The fourth-order valence-electron chi connectivity index (χ4n) is 2.91. The zero-order valence-corrected chi connectivity index (χ0v) is 10.4. The normalized spacial score (nSPS) is 27.5. The van der Waals surface area contributed by atoms with E-state index in [0.29, 0.717) is 0 Å². The summed E-state index contributed by atoms with van der Waals surface area (Å²) in [5, 5.41) is 7.46. The molecule has 0 amide bonds. The lowest BCUT2D eigenvalue weighted by Crippen LogP contribution is -2.09. The van der Waals surface area contributed by atoms with E-state index in [1.165, 1.54) is 17.6 Å². The topological polar surface area (TPSA) is 38.1 Å². The molecule has 0 spiro atoms. The molecule has 3 nitrogen and oxygen atoms in total. The van der Waals surface area contributed by atoms with Crippen LogP contribution in [0, 0.1) is 25.7 Å². The molecule has 0 aromatic carbocycles. The van der Waals surface area contributed by atoms with E-state index in [4.69, 9.17) is 4.52 Å². The summed E-state index contributed by atoms with van der Waals surface area (Å²) < 4.78 is 5.22. The molecule has 1 aromatic heterocycles. The minimum atomic E-state index is 0. The summed E-state index contributed by atoms with van der Waals surface area (Å²) >= 11 is 0. The maximum absolute atomic E-state index is 5.22. The Balaban J connectivity index is 0.000000963. The van der Waals surface area contributed by atoms with Crippen molar-refractivity contribution in [2.75, 3.05) is 13.1 Å². The van der Waals surface area contributed by atoms with E-state index in [2.05, 4.69) is 16.5 Å². The number of hydrogen-bond acceptors (Lipinski definition) is 3. The van der Waals surface area contributed by atoms with Gasteiger partial charge >= 0.3 is 0 Å². The van der Waals surface area contributed by atoms with Crippen LogP contribution in [-0.2, 0) is 0 Å². The predicted molar refractivity (Wildman–Crippen MR) is 65.7 cm³/mol. The SMILES string of the molecule is Cc1noc(C)c1C1=CC2CNCC2C1.Cl. The number of rotatable bonds is 1. The smallest absolute Gasteiger partial charge is 0.141 e. The number of halogens is 1. The van der Waals surface area contributed by atoms with Gasteiger partial charge in [-0.15, -0.1) is 12.4 Å². The Morgan fingerprint density at radius 1 is 1.38 bits per heavy atom. The van der Waals surface area contributed by atoms with Gasteiger partial charge in [-0.2, -0.15) is 0 Å². The molecule has 1 saturated heterocycles. The molecule has 16 heavy (non-hydrogen) atoms. The van der Waals surface area contributed by atoms with Gasteiger partial charge in [0.2, 0.25) is 0 Å². The molecular formula is C12H17ClN2O. The Kier molecular flexibility index (Phi) is 3.08. The first kappa shape index (κ1) is 11.7. The van der Waals surface area contributed by atoms with Crippen LogP contribution in [0.3, 0.4) is 0 Å². The second-order valence-electron chi connectivity index (χ2n) is 4.68. The lowest BCUT2D eigenvalue weighted by atomic mass is 9.98. The Morgan fingerprint density at radius 2 is 2.19 bits per heavy atom. The molecular weight excluding hydrogens is 224 g/mol. The highest BCUT2D eigenvalue weighted by Gasteiger charge is 2.33. The quantitative estimate of drug-likeness (QED) is 0.819. The van der Waals surface area contributed by atoms with Gasteiger partial charge in [0, 0.05) is 12.1 Å². The van der Waals surface area contributed by atoms with Crippen LogP contribution in [0.15, 0.2) is 10.6 Å². The highest BCUT2D eigenvalue weighted by molar-refractivity contribution is 5.85. The lowest BCUT2D eigenvalue weighted by molar-refractivity contribution is 0.393. The van der Waals surface area contributed by atoms with Crippen LogP contribution in [0.25, 0.3) is 5.57 Å². The third-order valence-corrected chi connectivity index (χ3v) is 3.64. The fraction of sp³-hybridized carbons (Fsp3) is 0.583. The molecule has 1 N–H and O–H groups in total. The summed E-state index contributed by atoms with van der Waals surface area (Å²) in [7, 11) is 0. The maximum atomic E-state index is 5.22. The van der Waals surface area contributed by atoms with Crippen molar-refractivity contribution in [3.8, 4) is 0 Å². The van der Waals surface area contributed by atoms with Gasteiger partial charge in [-0.25, -0.2) is 0 Å². The Labute approximate surface area is 102 Å². The first-order chi connectivity index (χ1) is 7.25. The van der Waals surface area contributed by atoms with Crippen molar-refractivity contribution < 1.29 is 4.52 Å². The second kappa shape index (κ2) is 4.22. The summed E-state index contributed by atoms with van der Waals surface area (Å²) in [6, 6.07) is 0. The zero-order valence-electron chi connectivity index (χ0n) is 9.62. The molecule has 2 aliphatic rings. The van der Waals surface area contributed by atoms with Crippen molar-refractivity contribution in [1.82, 2.24) is 10.5 Å².